The first-order valence-electron chi connectivity index (χ1n) is 10.5. The van der Waals surface area contributed by atoms with E-state index in [4.69, 9.17) is 11.6 Å². The van der Waals surface area contributed by atoms with Crippen LogP contribution in [0.25, 0.3) is 27.6 Å². The fraction of sp³-hybridized carbons (Fsp3) is 0.167. The summed E-state index contributed by atoms with van der Waals surface area (Å²) >= 11 is 6.42. The predicted octanol–water partition coefficient (Wildman–Crippen LogP) is 5.46. The number of nitrogens with one attached hydrogen (secondary N) is 1. The van der Waals surface area contributed by atoms with E-state index in [2.05, 4.69) is 37.9 Å². The van der Waals surface area contributed by atoms with Crippen molar-refractivity contribution in [3.8, 4) is 5.69 Å². The Labute approximate surface area is 196 Å². The molecule has 0 saturated carbocycles. The van der Waals surface area contributed by atoms with E-state index in [1.54, 1.807) is 23.3 Å². The van der Waals surface area contributed by atoms with E-state index < -0.39 is 8.07 Å². The average Bonchev–Trinajstić information content (AvgIpc) is 3.25. The monoisotopic (exact) mass is 476 g/mol. The zero-order chi connectivity index (χ0) is 23.1. The lowest BCUT2D eigenvalue weighted by atomic mass is 10.1. The summed E-state index contributed by atoms with van der Waals surface area (Å²) in [5.74, 6) is 0.626. The minimum atomic E-state index is -0.420. The molecule has 0 aliphatic heterocycles. The highest BCUT2D eigenvalue weighted by Gasteiger charge is 2.20. The maximum absolute atomic E-state index is 13.6. The number of nitrogens with zero attached hydrogens (tertiary/aromatic N) is 5. The van der Waals surface area contributed by atoms with Gasteiger partial charge in [-0.1, -0.05) is 41.9 Å². The van der Waals surface area contributed by atoms with Gasteiger partial charge >= 0.3 is 0 Å². The Hall–Kier alpha value is -3.28. The summed E-state index contributed by atoms with van der Waals surface area (Å²) in [7, 11) is -0.420. The largest absolute Gasteiger partial charge is 0.360 e. The Bertz CT molecular complexity index is 1530. The van der Waals surface area contributed by atoms with Crippen LogP contribution in [0.1, 0.15) is 18.7 Å². The summed E-state index contributed by atoms with van der Waals surface area (Å²) in [5.41, 5.74) is 2.90. The van der Waals surface area contributed by atoms with Crippen molar-refractivity contribution in [2.75, 3.05) is 18.6 Å². The van der Waals surface area contributed by atoms with Crippen LogP contribution in [0.15, 0.2) is 72.0 Å². The van der Waals surface area contributed by atoms with Crippen molar-refractivity contribution in [3.05, 3.63) is 88.3 Å². The van der Waals surface area contributed by atoms with Crippen LogP contribution in [-0.4, -0.2) is 37.2 Å². The molecule has 0 spiro atoms. The third kappa shape index (κ3) is 3.77. The molecule has 0 saturated heterocycles. The van der Waals surface area contributed by atoms with Crippen molar-refractivity contribution in [1.82, 2.24) is 23.9 Å². The van der Waals surface area contributed by atoms with Crippen LogP contribution in [-0.2, 0) is 0 Å². The van der Waals surface area contributed by atoms with Gasteiger partial charge in [-0.05, 0) is 58.0 Å². The average molecular weight is 477 g/mol. The minimum Gasteiger partial charge on any atom is -0.360 e. The molecule has 9 heteroatoms. The molecule has 5 rings (SSSR count). The third-order valence-electron chi connectivity index (χ3n) is 5.58. The first-order valence-corrected chi connectivity index (χ1v) is 13.0. The van der Waals surface area contributed by atoms with Crippen molar-refractivity contribution < 1.29 is 0 Å². The number of benzene rings is 2. The molecule has 7 nitrogen and oxygen atoms in total. The summed E-state index contributed by atoms with van der Waals surface area (Å²) < 4.78 is 3.78. The Morgan fingerprint density at radius 2 is 1.82 bits per heavy atom. The lowest BCUT2D eigenvalue weighted by Crippen LogP contribution is -2.25. The second kappa shape index (κ2) is 8.58. The Kier molecular flexibility index (Phi) is 5.60. The molecule has 0 bridgehead atoms. The van der Waals surface area contributed by atoms with Crippen LogP contribution < -0.4 is 10.9 Å². The normalized spacial score (nSPS) is 12.5. The quantitative estimate of drug-likeness (QED) is 0.341. The van der Waals surface area contributed by atoms with E-state index in [-0.39, 0.29) is 11.6 Å². The molecule has 5 aromatic rings. The van der Waals surface area contributed by atoms with Gasteiger partial charge in [-0.25, -0.2) is 15.0 Å². The maximum Gasteiger partial charge on any atom is 0.264 e. The highest BCUT2D eigenvalue weighted by Crippen LogP contribution is 2.33. The number of para-hydroxylation sites is 1. The van der Waals surface area contributed by atoms with Gasteiger partial charge in [0.05, 0.1) is 16.5 Å². The van der Waals surface area contributed by atoms with Gasteiger partial charge in [-0.15, -0.1) is 0 Å². The number of hydrogen-bond acceptors (Lipinski definition) is 5. The minimum absolute atomic E-state index is 0.160. The van der Waals surface area contributed by atoms with Crippen molar-refractivity contribution in [3.63, 3.8) is 0 Å². The highest BCUT2D eigenvalue weighted by molar-refractivity contribution is 7.54. The molecule has 3 aromatic heterocycles. The molecular formula is C24H22ClN6OP. The van der Waals surface area contributed by atoms with E-state index in [1.807, 2.05) is 55.5 Å². The van der Waals surface area contributed by atoms with Crippen molar-refractivity contribution in [2.24, 2.45) is 0 Å². The molecule has 166 valence electrons. The Morgan fingerprint density at radius 3 is 2.58 bits per heavy atom. The Morgan fingerprint density at radius 1 is 1.03 bits per heavy atom. The van der Waals surface area contributed by atoms with Gasteiger partial charge in [0.2, 0.25) is 0 Å². The zero-order valence-corrected chi connectivity index (χ0v) is 20.0. The number of hydrogen-bond donors (Lipinski definition) is 1. The molecule has 0 radical (unpaired) electrons. The number of halogens is 1. The van der Waals surface area contributed by atoms with E-state index in [1.165, 1.54) is 0 Å². The number of anilines is 1. The second-order valence-corrected chi connectivity index (χ2v) is 10.5. The molecule has 0 unspecified atom stereocenters. The number of imidazole rings is 1. The molecule has 0 fully saturated rings. The summed E-state index contributed by atoms with van der Waals surface area (Å²) in [4.78, 5) is 27.1. The Balaban J connectivity index is 1.67. The van der Waals surface area contributed by atoms with Crippen LogP contribution in [0.2, 0.25) is 5.02 Å². The van der Waals surface area contributed by atoms with Gasteiger partial charge in [0.15, 0.2) is 17.0 Å². The van der Waals surface area contributed by atoms with Gasteiger partial charge in [0.1, 0.15) is 12.7 Å². The molecule has 3 heterocycles. The smallest absolute Gasteiger partial charge is 0.264 e. The third-order valence-corrected chi connectivity index (χ3v) is 7.05. The molecule has 2 aromatic carbocycles. The first kappa shape index (κ1) is 21.6. The SMILES string of the molecule is C[C@H](Nc1ncnc2c1ncn2P(C)C)c1cc2cccc(Cl)c2c(=O)n1-c1ccccc1. The van der Waals surface area contributed by atoms with E-state index in [0.717, 1.165) is 22.4 Å². The molecule has 1 atom stereocenters. The van der Waals surface area contributed by atoms with Crippen LogP contribution in [0.5, 0.6) is 0 Å². The van der Waals surface area contributed by atoms with Crippen molar-refractivity contribution >= 4 is 47.4 Å². The van der Waals surface area contributed by atoms with Gasteiger partial charge in [-0.2, -0.15) is 0 Å². The van der Waals surface area contributed by atoms with Crippen LogP contribution in [0, 0.1) is 0 Å². The maximum atomic E-state index is 13.6. The van der Waals surface area contributed by atoms with Crippen LogP contribution >= 0.6 is 19.7 Å². The van der Waals surface area contributed by atoms with Crippen molar-refractivity contribution in [2.45, 2.75) is 13.0 Å². The van der Waals surface area contributed by atoms with Gasteiger partial charge < -0.3 is 5.32 Å². The summed E-state index contributed by atoms with van der Waals surface area (Å²) in [6.45, 7) is 6.29. The van der Waals surface area contributed by atoms with E-state index in [9.17, 15) is 4.79 Å². The zero-order valence-electron chi connectivity index (χ0n) is 18.4. The number of aromatic nitrogens is 5. The number of rotatable bonds is 5. The topological polar surface area (TPSA) is 77.6 Å². The lowest BCUT2D eigenvalue weighted by molar-refractivity contribution is 0.774. The molecule has 0 amide bonds. The fourth-order valence-corrected chi connectivity index (χ4v) is 5.05. The number of fused-ring (bicyclic) bond motifs is 2. The molecule has 0 aliphatic rings. The molecule has 1 N–H and O–H groups in total. The van der Waals surface area contributed by atoms with Gasteiger partial charge in [0, 0.05) is 11.4 Å². The summed E-state index contributed by atoms with van der Waals surface area (Å²) in [5, 5.41) is 5.19. The van der Waals surface area contributed by atoms with Gasteiger partial charge in [-0.3, -0.25) is 13.7 Å². The number of pyridine rings is 1. The summed E-state index contributed by atoms with van der Waals surface area (Å²) in [6, 6.07) is 16.8. The first-order chi connectivity index (χ1) is 16.0. The molecule has 33 heavy (non-hydrogen) atoms. The molecular weight excluding hydrogens is 455 g/mol. The molecule has 0 aliphatic carbocycles. The predicted molar refractivity (Wildman–Crippen MR) is 136 cm³/mol. The lowest BCUT2D eigenvalue weighted by Gasteiger charge is -2.21. The van der Waals surface area contributed by atoms with Gasteiger partial charge in [0.25, 0.3) is 5.56 Å². The van der Waals surface area contributed by atoms with Crippen molar-refractivity contribution in [1.29, 1.82) is 0 Å². The standard InChI is InChI=1S/C24H22ClN6OP/c1-15(29-22-21-23(27-13-26-22)30(14-28-21)33(2)3)19-12-16-8-7-11-18(25)20(16)24(32)31(19)17-9-5-4-6-10-17/h4-15H,1-3H3,(H,26,27,29)/t15-/m0/s1. The highest BCUT2D eigenvalue weighted by atomic mass is 35.5. The summed E-state index contributed by atoms with van der Waals surface area (Å²) in [6.07, 6.45) is 3.34. The fourth-order valence-electron chi connectivity index (χ4n) is 4.00. The van der Waals surface area contributed by atoms with E-state index >= 15 is 0 Å². The van der Waals surface area contributed by atoms with Crippen LogP contribution in [0.3, 0.4) is 0 Å². The second-order valence-electron chi connectivity index (χ2n) is 7.95. The van der Waals surface area contributed by atoms with E-state index in [0.29, 0.717) is 21.7 Å². The van der Waals surface area contributed by atoms with Crippen LogP contribution in [0.4, 0.5) is 5.82 Å².